The van der Waals surface area contributed by atoms with Crippen LogP contribution in [0.2, 0.25) is 0 Å². The molecule has 3 rings (SSSR count). The van der Waals surface area contributed by atoms with Crippen LogP contribution >= 0.6 is 0 Å². The van der Waals surface area contributed by atoms with E-state index in [2.05, 4.69) is 17.3 Å². The van der Waals surface area contributed by atoms with E-state index in [1.165, 1.54) is 4.68 Å². The van der Waals surface area contributed by atoms with Gasteiger partial charge in [0, 0.05) is 12.5 Å². The lowest BCUT2D eigenvalue weighted by atomic mass is 9.87. The van der Waals surface area contributed by atoms with Crippen LogP contribution in [0, 0.1) is 5.92 Å². The van der Waals surface area contributed by atoms with Crippen LogP contribution in [0.25, 0.3) is 10.8 Å². The number of carbonyl (C=O) groups is 1. The normalized spacial score (nSPS) is 20.9. The van der Waals surface area contributed by atoms with Gasteiger partial charge in [-0.05, 0) is 43.7 Å². The van der Waals surface area contributed by atoms with Crippen molar-refractivity contribution in [2.45, 2.75) is 51.6 Å². The van der Waals surface area contributed by atoms with Crippen LogP contribution in [-0.2, 0) is 11.3 Å². The number of fused-ring (bicyclic) bond motifs is 1. The van der Waals surface area contributed by atoms with E-state index >= 15 is 0 Å². The summed E-state index contributed by atoms with van der Waals surface area (Å²) in [6.07, 6.45) is 4.49. The minimum Gasteiger partial charge on any atom is -0.353 e. The van der Waals surface area contributed by atoms with Gasteiger partial charge in [-0.3, -0.25) is 19.5 Å². The van der Waals surface area contributed by atoms with E-state index in [4.69, 9.17) is 0 Å². The van der Waals surface area contributed by atoms with Gasteiger partial charge in [0.25, 0.3) is 11.1 Å². The van der Waals surface area contributed by atoms with Gasteiger partial charge >= 0.3 is 0 Å². The molecule has 1 amide bonds. The summed E-state index contributed by atoms with van der Waals surface area (Å²) in [5, 5.41) is 6.34. The number of nitrogens with one attached hydrogen (secondary N) is 2. The van der Waals surface area contributed by atoms with E-state index in [1.54, 1.807) is 24.3 Å². The molecule has 1 saturated carbocycles. The molecule has 1 aromatic carbocycles. The zero-order valence-corrected chi connectivity index (χ0v) is 13.9. The van der Waals surface area contributed by atoms with E-state index in [1.807, 2.05) is 0 Å². The second kappa shape index (κ2) is 7.03. The first-order valence-corrected chi connectivity index (χ1v) is 8.56. The summed E-state index contributed by atoms with van der Waals surface area (Å²) in [5.74, 6) is 0.662. The van der Waals surface area contributed by atoms with Crippen LogP contribution in [-0.4, -0.2) is 21.7 Å². The van der Waals surface area contributed by atoms with Gasteiger partial charge in [0.15, 0.2) is 0 Å². The number of benzene rings is 1. The fourth-order valence-corrected chi connectivity index (χ4v) is 3.32. The van der Waals surface area contributed by atoms with E-state index in [9.17, 15) is 14.4 Å². The molecular formula is C18H23N3O3. The lowest BCUT2D eigenvalue weighted by Crippen LogP contribution is -2.38. The Bertz CT molecular complexity index is 844. The monoisotopic (exact) mass is 329 g/mol. The first-order chi connectivity index (χ1) is 11.5. The zero-order chi connectivity index (χ0) is 17.1. The highest BCUT2D eigenvalue weighted by molar-refractivity contribution is 5.80. The molecule has 1 aliphatic carbocycles. The molecule has 0 atom stereocenters. The lowest BCUT2D eigenvalue weighted by molar-refractivity contribution is -0.122. The molecule has 1 aliphatic rings. The number of hydrogen-bond donors (Lipinski definition) is 2. The number of carbonyl (C=O) groups excluding carboxylic acids is 1. The molecule has 128 valence electrons. The minimum absolute atomic E-state index is 0.0736. The Morgan fingerprint density at radius 2 is 1.83 bits per heavy atom. The molecule has 0 saturated heterocycles. The number of aromatic nitrogens is 2. The summed E-state index contributed by atoms with van der Waals surface area (Å²) in [6, 6.07) is 6.94. The summed E-state index contributed by atoms with van der Waals surface area (Å²) >= 11 is 0. The molecule has 1 aromatic heterocycles. The minimum atomic E-state index is -0.313. The van der Waals surface area contributed by atoms with Crippen molar-refractivity contribution in [3.05, 3.63) is 45.0 Å². The molecule has 0 bridgehead atoms. The molecule has 0 unspecified atom stereocenters. The number of aromatic amines is 1. The van der Waals surface area contributed by atoms with Crippen molar-refractivity contribution in [2.24, 2.45) is 5.92 Å². The average molecular weight is 329 g/mol. The van der Waals surface area contributed by atoms with Crippen molar-refractivity contribution in [2.75, 3.05) is 0 Å². The number of hydrogen-bond acceptors (Lipinski definition) is 3. The van der Waals surface area contributed by atoms with Crippen molar-refractivity contribution in [3.63, 3.8) is 0 Å². The van der Waals surface area contributed by atoms with Gasteiger partial charge in [0.1, 0.15) is 0 Å². The van der Waals surface area contributed by atoms with Crippen molar-refractivity contribution in [1.29, 1.82) is 0 Å². The Morgan fingerprint density at radius 1 is 1.17 bits per heavy atom. The molecule has 6 heteroatoms. The first-order valence-electron chi connectivity index (χ1n) is 8.56. The molecule has 0 radical (unpaired) electrons. The molecule has 1 heterocycles. The number of nitrogens with zero attached hydrogens (tertiary/aromatic N) is 1. The summed E-state index contributed by atoms with van der Waals surface area (Å²) in [7, 11) is 0. The Kier molecular flexibility index (Phi) is 4.83. The highest BCUT2D eigenvalue weighted by atomic mass is 16.2. The van der Waals surface area contributed by atoms with Crippen LogP contribution in [0.4, 0.5) is 0 Å². The standard InChI is InChI=1S/C18H23N3O3/c1-12-6-8-13(9-7-12)19-16(22)10-11-21-18(24)15-5-3-2-4-14(15)17(23)20-21/h2-5,12-13H,6-11H2,1H3,(H,19,22)(H,20,23). The Balaban J connectivity index is 1.65. The largest absolute Gasteiger partial charge is 0.353 e. The second-order valence-corrected chi connectivity index (χ2v) is 6.72. The van der Waals surface area contributed by atoms with E-state index in [-0.39, 0.29) is 36.0 Å². The fraction of sp³-hybridized carbons (Fsp3) is 0.500. The highest BCUT2D eigenvalue weighted by Crippen LogP contribution is 2.23. The molecule has 0 aliphatic heterocycles. The van der Waals surface area contributed by atoms with Gasteiger partial charge in [0.05, 0.1) is 17.3 Å². The zero-order valence-electron chi connectivity index (χ0n) is 13.9. The summed E-state index contributed by atoms with van der Waals surface area (Å²) < 4.78 is 1.23. The van der Waals surface area contributed by atoms with Crippen molar-refractivity contribution >= 4 is 16.7 Å². The van der Waals surface area contributed by atoms with E-state index in [0.717, 1.165) is 31.6 Å². The Hall–Kier alpha value is -2.37. The third-order valence-electron chi connectivity index (χ3n) is 4.83. The van der Waals surface area contributed by atoms with Crippen molar-refractivity contribution in [3.8, 4) is 0 Å². The quantitative estimate of drug-likeness (QED) is 0.897. The summed E-state index contributed by atoms with van der Waals surface area (Å²) in [6.45, 7) is 2.41. The Labute approximate surface area is 139 Å². The predicted octanol–water partition coefficient (Wildman–Crippen LogP) is 1.77. The van der Waals surface area contributed by atoms with E-state index in [0.29, 0.717) is 10.8 Å². The third kappa shape index (κ3) is 3.58. The molecule has 6 nitrogen and oxygen atoms in total. The van der Waals surface area contributed by atoms with Crippen LogP contribution in [0.5, 0.6) is 0 Å². The van der Waals surface area contributed by atoms with Gasteiger partial charge in [0.2, 0.25) is 5.91 Å². The number of aryl methyl sites for hydroxylation is 1. The predicted molar refractivity (Wildman–Crippen MR) is 93.0 cm³/mol. The maximum Gasteiger partial charge on any atom is 0.273 e. The highest BCUT2D eigenvalue weighted by Gasteiger charge is 2.19. The van der Waals surface area contributed by atoms with E-state index < -0.39 is 0 Å². The van der Waals surface area contributed by atoms with Crippen LogP contribution in [0.15, 0.2) is 33.9 Å². The SMILES string of the molecule is CC1CCC(NC(=O)CCn2[nH]c(=O)c3ccccc3c2=O)CC1. The Morgan fingerprint density at radius 3 is 2.54 bits per heavy atom. The topological polar surface area (TPSA) is 84.0 Å². The van der Waals surface area contributed by atoms with Crippen molar-refractivity contribution in [1.82, 2.24) is 15.1 Å². The smallest absolute Gasteiger partial charge is 0.273 e. The first kappa shape index (κ1) is 16.5. The number of amides is 1. The third-order valence-corrected chi connectivity index (χ3v) is 4.83. The fourth-order valence-electron chi connectivity index (χ4n) is 3.32. The maximum absolute atomic E-state index is 12.4. The maximum atomic E-state index is 12.4. The second-order valence-electron chi connectivity index (χ2n) is 6.72. The van der Waals surface area contributed by atoms with Crippen molar-refractivity contribution < 1.29 is 4.79 Å². The summed E-state index contributed by atoms with van der Waals surface area (Å²) in [5.41, 5.74) is -0.587. The molecule has 24 heavy (non-hydrogen) atoms. The van der Waals surface area contributed by atoms with Gasteiger partial charge in [-0.1, -0.05) is 19.1 Å². The molecule has 0 spiro atoms. The van der Waals surface area contributed by atoms with Crippen LogP contribution in [0.1, 0.15) is 39.0 Å². The molecular weight excluding hydrogens is 306 g/mol. The van der Waals surface area contributed by atoms with Gasteiger partial charge in [-0.2, -0.15) is 0 Å². The van der Waals surface area contributed by atoms with Gasteiger partial charge in [-0.15, -0.1) is 0 Å². The van der Waals surface area contributed by atoms with Crippen LogP contribution in [0.3, 0.4) is 0 Å². The molecule has 2 N–H and O–H groups in total. The lowest BCUT2D eigenvalue weighted by Gasteiger charge is -2.26. The number of H-pyrrole nitrogens is 1. The van der Waals surface area contributed by atoms with Gasteiger partial charge < -0.3 is 5.32 Å². The summed E-state index contributed by atoms with van der Waals surface area (Å²) in [4.78, 5) is 36.5. The average Bonchev–Trinajstić information content (AvgIpc) is 2.59. The van der Waals surface area contributed by atoms with Crippen LogP contribution < -0.4 is 16.4 Å². The molecule has 1 fully saturated rings. The van der Waals surface area contributed by atoms with Gasteiger partial charge in [-0.25, -0.2) is 4.68 Å². The molecule has 2 aromatic rings. The number of rotatable bonds is 4.